The van der Waals surface area contributed by atoms with Crippen LogP contribution in [0.15, 0.2) is 30.6 Å². The maximum Gasteiger partial charge on any atom is 0.341 e. The Balaban J connectivity index is 1.77. The lowest BCUT2D eigenvalue weighted by Gasteiger charge is -2.34. The first-order chi connectivity index (χ1) is 12.1. The Bertz CT molecular complexity index is 721. The maximum absolute atomic E-state index is 12.1. The average Bonchev–Trinajstić information content (AvgIpc) is 3.02. The highest BCUT2D eigenvalue weighted by molar-refractivity contribution is 5.92. The largest absolute Gasteiger partial charge is 0.462 e. The van der Waals surface area contributed by atoms with E-state index in [0.717, 1.165) is 25.3 Å². The fourth-order valence-corrected chi connectivity index (χ4v) is 3.15. The number of ether oxygens (including phenoxy) is 2. The van der Waals surface area contributed by atoms with E-state index in [1.807, 2.05) is 12.3 Å². The van der Waals surface area contributed by atoms with Crippen molar-refractivity contribution in [3.05, 3.63) is 41.9 Å². The zero-order valence-corrected chi connectivity index (χ0v) is 14.9. The molecule has 0 saturated carbocycles. The van der Waals surface area contributed by atoms with Gasteiger partial charge in [0.25, 0.3) is 0 Å². The molecule has 134 valence electrons. The summed E-state index contributed by atoms with van der Waals surface area (Å²) in [7, 11) is 0. The molecular formula is C18H24N4O3. The Hall–Kier alpha value is -2.25. The number of hydrogen-bond acceptors (Lipinski definition) is 6. The molecular weight excluding hydrogens is 320 g/mol. The summed E-state index contributed by atoms with van der Waals surface area (Å²) < 4.78 is 12.5. The number of pyridine rings is 1. The van der Waals surface area contributed by atoms with E-state index in [-0.39, 0.29) is 12.2 Å². The molecule has 0 amide bonds. The molecule has 0 bridgehead atoms. The monoisotopic (exact) mass is 344 g/mol. The minimum absolute atomic E-state index is 0.219. The molecule has 2 aromatic rings. The minimum atomic E-state index is -0.390. The molecule has 1 saturated heterocycles. The maximum atomic E-state index is 12.1. The van der Waals surface area contributed by atoms with E-state index in [1.54, 1.807) is 29.9 Å². The van der Waals surface area contributed by atoms with E-state index in [2.05, 4.69) is 28.8 Å². The third-order valence-electron chi connectivity index (χ3n) is 4.02. The van der Waals surface area contributed by atoms with Crippen molar-refractivity contribution in [1.29, 1.82) is 0 Å². The molecule has 0 aliphatic carbocycles. The summed E-state index contributed by atoms with van der Waals surface area (Å²) in [5, 5.41) is 4.59. The van der Waals surface area contributed by atoms with Gasteiger partial charge in [0.15, 0.2) is 5.82 Å². The van der Waals surface area contributed by atoms with Crippen LogP contribution in [0, 0.1) is 0 Å². The lowest BCUT2D eigenvalue weighted by atomic mass is 10.2. The Kier molecular flexibility index (Phi) is 5.45. The normalized spacial score (nSPS) is 21.2. The van der Waals surface area contributed by atoms with Gasteiger partial charge < -0.3 is 9.47 Å². The Morgan fingerprint density at radius 2 is 2.08 bits per heavy atom. The Labute approximate surface area is 147 Å². The van der Waals surface area contributed by atoms with Gasteiger partial charge >= 0.3 is 5.97 Å². The van der Waals surface area contributed by atoms with Crippen molar-refractivity contribution in [3.8, 4) is 5.82 Å². The second-order valence-corrected chi connectivity index (χ2v) is 6.30. The van der Waals surface area contributed by atoms with E-state index in [4.69, 9.17) is 9.47 Å². The van der Waals surface area contributed by atoms with Gasteiger partial charge in [0.1, 0.15) is 5.56 Å². The Morgan fingerprint density at radius 1 is 1.32 bits per heavy atom. The van der Waals surface area contributed by atoms with Gasteiger partial charge in [0.05, 0.1) is 24.5 Å². The molecule has 25 heavy (non-hydrogen) atoms. The molecule has 2 unspecified atom stereocenters. The van der Waals surface area contributed by atoms with Crippen LogP contribution in [0.1, 0.15) is 36.8 Å². The molecule has 1 aliphatic heterocycles. The van der Waals surface area contributed by atoms with Crippen LogP contribution in [-0.4, -0.2) is 57.5 Å². The zero-order chi connectivity index (χ0) is 17.8. The van der Waals surface area contributed by atoms with Gasteiger partial charge in [-0.15, -0.1) is 0 Å². The molecule has 0 radical (unpaired) electrons. The van der Waals surface area contributed by atoms with Gasteiger partial charge in [-0.1, -0.05) is 0 Å². The first-order valence-electron chi connectivity index (χ1n) is 8.61. The lowest BCUT2D eigenvalue weighted by molar-refractivity contribution is -0.0707. The Morgan fingerprint density at radius 3 is 2.80 bits per heavy atom. The van der Waals surface area contributed by atoms with Crippen LogP contribution < -0.4 is 0 Å². The van der Waals surface area contributed by atoms with E-state index >= 15 is 0 Å². The van der Waals surface area contributed by atoms with E-state index < -0.39 is 5.97 Å². The number of rotatable bonds is 5. The minimum Gasteiger partial charge on any atom is -0.462 e. The summed E-state index contributed by atoms with van der Waals surface area (Å²) in [6.07, 6.45) is 3.91. The van der Waals surface area contributed by atoms with Crippen molar-refractivity contribution in [1.82, 2.24) is 19.7 Å². The molecule has 2 atom stereocenters. The van der Waals surface area contributed by atoms with Crippen molar-refractivity contribution in [3.63, 3.8) is 0 Å². The number of carbonyl (C=O) groups is 1. The smallest absolute Gasteiger partial charge is 0.341 e. The molecule has 0 spiro atoms. The van der Waals surface area contributed by atoms with Gasteiger partial charge in [-0.05, 0) is 39.0 Å². The van der Waals surface area contributed by atoms with Crippen molar-refractivity contribution in [2.75, 3.05) is 19.7 Å². The van der Waals surface area contributed by atoms with Crippen LogP contribution in [0.3, 0.4) is 0 Å². The molecule has 2 aromatic heterocycles. The predicted molar refractivity (Wildman–Crippen MR) is 92.6 cm³/mol. The summed E-state index contributed by atoms with van der Waals surface area (Å²) in [4.78, 5) is 18.7. The third-order valence-corrected chi connectivity index (χ3v) is 4.02. The summed E-state index contributed by atoms with van der Waals surface area (Å²) in [5.41, 5.74) is 1.34. The molecule has 1 aliphatic rings. The van der Waals surface area contributed by atoms with Crippen LogP contribution in [-0.2, 0) is 16.0 Å². The van der Waals surface area contributed by atoms with Crippen molar-refractivity contribution < 1.29 is 14.3 Å². The van der Waals surface area contributed by atoms with Crippen LogP contribution in [0.4, 0.5) is 0 Å². The number of aromatic nitrogens is 3. The van der Waals surface area contributed by atoms with Gasteiger partial charge in [-0.25, -0.2) is 14.5 Å². The quantitative estimate of drug-likeness (QED) is 0.773. The second-order valence-electron chi connectivity index (χ2n) is 6.30. The first kappa shape index (κ1) is 17.6. The average molecular weight is 344 g/mol. The highest BCUT2D eigenvalue weighted by Crippen LogP contribution is 2.16. The SMILES string of the molecule is CCOC(=O)c1cccnc1-n1ccc(CN2CC(C)OC(C)C2)n1. The summed E-state index contributed by atoms with van der Waals surface area (Å²) in [5.74, 6) is 0.0920. The van der Waals surface area contributed by atoms with Gasteiger partial charge in [0, 0.05) is 32.0 Å². The number of hydrogen-bond donors (Lipinski definition) is 0. The highest BCUT2D eigenvalue weighted by Gasteiger charge is 2.23. The number of carbonyl (C=O) groups excluding carboxylic acids is 1. The standard InChI is InChI=1S/C18H24N4O3/c1-4-24-18(23)16-6-5-8-19-17(16)22-9-7-15(20-22)12-21-10-13(2)25-14(3)11-21/h5-9,13-14H,4,10-12H2,1-3H3. The van der Waals surface area contributed by atoms with Crippen LogP contribution in [0.5, 0.6) is 0 Å². The molecule has 7 nitrogen and oxygen atoms in total. The van der Waals surface area contributed by atoms with Gasteiger partial charge in [-0.2, -0.15) is 5.10 Å². The van der Waals surface area contributed by atoms with Gasteiger partial charge in [0.2, 0.25) is 0 Å². The summed E-state index contributed by atoms with van der Waals surface area (Å²) >= 11 is 0. The van der Waals surface area contributed by atoms with Crippen molar-refractivity contribution >= 4 is 5.97 Å². The topological polar surface area (TPSA) is 69.5 Å². The number of esters is 1. The zero-order valence-electron chi connectivity index (χ0n) is 14.9. The predicted octanol–water partition coefficient (Wildman–Crippen LogP) is 2.05. The summed E-state index contributed by atoms with van der Waals surface area (Å²) in [6, 6.07) is 5.37. The number of nitrogens with zero attached hydrogens (tertiary/aromatic N) is 4. The van der Waals surface area contributed by atoms with Crippen LogP contribution in [0.2, 0.25) is 0 Å². The summed E-state index contributed by atoms with van der Waals surface area (Å²) in [6.45, 7) is 8.78. The fraction of sp³-hybridized carbons (Fsp3) is 0.500. The molecule has 3 heterocycles. The third kappa shape index (κ3) is 4.24. The van der Waals surface area contributed by atoms with Gasteiger partial charge in [-0.3, -0.25) is 4.90 Å². The molecule has 7 heteroatoms. The molecule has 0 aromatic carbocycles. The number of morpholine rings is 1. The van der Waals surface area contributed by atoms with Crippen LogP contribution >= 0.6 is 0 Å². The second kappa shape index (κ2) is 7.76. The van der Waals surface area contributed by atoms with Crippen molar-refractivity contribution in [2.45, 2.75) is 39.5 Å². The fourth-order valence-electron chi connectivity index (χ4n) is 3.15. The van der Waals surface area contributed by atoms with Crippen LogP contribution in [0.25, 0.3) is 5.82 Å². The van der Waals surface area contributed by atoms with Crippen molar-refractivity contribution in [2.24, 2.45) is 0 Å². The van der Waals surface area contributed by atoms with E-state index in [1.165, 1.54) is 0 Å². The highest BCUT2D eigenvalue weighted by atomic mass is 16.5. The lowest BCUT2D eigenvalue weighted by Crippen LogP contribution is -2.44. The van der Waals surface area contributed by atoms with E-state index in [9.17, 15) is 4.79 Å². The molecule has 3 rings (SSSR count). The first-order valence-corrected chi connectivity index (χ1v) is 8.61. The van der Waals surface area contributed by atoms with E-state index in [0.29, 0.717) is 18.0 Å². The molecule has 0 N–H and O–H groups in total. The molecule has 1 fully saturated rings.